The van der Waals surface area contributed by atoms with Crippen molar-refractivity contribution in [2.75, 3.05) is 13.2 Å². The molecule has 1 aromatic rings. The Morgan fingerprint density at radius 2 is 2.00 bits per heavy atom. The number of nitrogens with one attached hydrogen (secondary N) is 1. The highest BCUT2D eigenvalue weighted by Gasteiger charge is 2.17. The molecule has 0 aliphatic rings. The Kier molecular flexibility index (Phi) is 5.12. The Bertz CT molecular complexity index is 349. The highest BCUT2D eigenvalue weighted by Crippen LogP contribution is 2.02. The highest BCUT2D eigenvalue weighted by molar-refractivity contribution is 5.71. The molecule has 4 nitrogen and oxygen atoms in total. The number of benzene rings is 1. The molecule has 0 atom stereocenters. The Morgan fingerprint density at radius 3 is 2.59 bits per heavy atom. The molecule has 1 rings (SSSR count). The number of ether oxygens (including phenoxy) is 1. The number of rotatable bonds is 6. The third-order valence-electron chi connectivity index (χ3n) is 2.35. The van der Waals surface area contributed by atoms with Gasteiger partial charge in [-0.05, 0) is 19.4 Å². The van der Waals surface area contributed by atoms with Crippen LogP contribution in [0.5, 0.6) is 0 Å². The summed E-state index contributed by atoms with van der Waals surface area (Å²) in [6.07, 6.45) is 0. The SMILES string of the molecule is CC(C)(CO)NCC(=O)OCc1ccccc1. The predicted molar refractivity (Wildman–Crippen MR) is 65.4 cm³/mol. The number of hydrogen-bond donors (Lipinski definition) is 2. The molecule has 0 aliphatic carbocycles. The number of esters is 1. The van der Waals surface area contributed by atoms with E-state index >= 15 is 0 Å². The third-order valence-corrected chi connectivity index (χ3v) is 2.35. The van der Waals surface area contributed by atoms with Gasteiger partial charge in [0.15, 0.2) is 0 Å². The van der Waals surface area contributed by atoms with Crippen LogP contribution in [0, 0.1) is 0 Å². The van der Waals surface area contributed by atoms with Gasteiger partial charge in [-0.25, -0.2) is 0 Å². The van der Waals surface area contributed by atoms with Crippen molar-refractivity contribution in [3.63, 3.8) is 0 Å². The molecular formula is C13H19NO3. The van der Waals surface area contributed by atoms with E-state index in [9.17, 15) is 4.79 Å². The molecule has 0 unspecified atom stereocenters. The van der Waals surface area contributed by atoms with E-state index in [-0.39, 0.29) is 25.7 Å². The quantitative estimate of drug-likeness (QED) is 0.727. The fourth-order valence-electron chi connectivity index (χ4n) is 1.16. The molecule has 0 saturated carbocycles. The normalized spacial score (nSPS) is 11.2. The molecule has 0 aromatic heterocycles. The lowest BCUT2D eigenvalue weighted by Crippen LogP contribution is -2.45. The highest BCUT2D eigenvalue weighted by atomic mass is 16.5. The zero-order valence-electron chi connectivity index (χ0n) is 10.3. The summed E-state index contributed by atoms with van der Waals surface area (Å²) in [5.74, 6) is -0.324. The second-order valence-corrected chi connectivity index (χ2v) is 4.54. The van der Waals surface area contributed by atoms with Gasteiger partial charge < -0.3 is 9.84 Å². The van der Waals surface area contributed by atoms with Gasteiger partial charge in [0, 0.05) is 5.54 Å². The summed E-state index contributed by atoms with van der Waals surface area (Å²) >= 11 is 0. The molecule has 0 amide bonds. The van der Waals surface area contributed by atoms with Gasteiger partial charge in [0.05, 0.1) is 13.2 Å². The summed E-state index contributed by atoms with van der Waals surface area (Å²) in [4.78, 5) is 11.4. The van der Waals surface area contributed by atoms with Crippen molar-refractivity contribution in [2.45, 2.75) is 26.0 Å². The topological polar surface area (TPSA) is 58.6 Å². The van der Waals surface area contributed by atoms with Crippen LogP contribution in [0.2, 0.25) is 0 Å². The Labute approximate surface area is 102 Å². The van der Waals surface area contributed by atoms with Gasteiger partial charge in [0.1, 0.15) is 6.61 Å². The first-order valence-corrected chi connectivity index (χ1v) is 5.59. The van der Waals surface area contributed by atoms with Gasteiger partial charge in [-0.1, -0.05) is 30.3 Å². The lowest BCUT2D eigenvalue weighted by Gasteiger charge is -2.22. The van der Waals surface area contributed by atoms with Crippen molar-refractivity contribution in [3.8, 4) is 0 Å². The molecule has 94 valence electrons. The maximum atomic E-state index is 11.4. The van der Waals surface area contributed by atoms with Crippen molar-refractivity contribution in [1.29, 1.82) is 0 Å². The van der Waals surface area contributed by atoms with E-state index in [4.69, 9.17) is 9.84 Å². The van der Waals surface area contributed by atoms with Crippen LogP contribution in [0.1, 0.15) is 19.4 Å². The first-order chi connectivity index (χ1) is 8.03. The van der Waals surface area contributed by atoms with Crippen LogP contribution in [-0.4, -0.2) is 29.8 Å². The summed E-state index contributed by atoms with van der Waals surface area (Å²) in [7, 11) is 0. The molecule has 1 aromatic carbocycles. The number of hydrogen-bond acceptors (Lipinski definition) is 4. The lowest BCUT2D eigenvalue weighted by molar-refractivity contribution is -0.144. The Hall–Kier alpha value is -1.39. The van der Waals surface area contributed by atoms with Crippen LogP contribution in [0.4, 0.5) is 0 Å². The van der Waals surface area contributed by atoms with Gasteiger partial charge >= 0.3 is 5.97 Å². The molecule has 0 radical (unpaired) electrons. The van der Waals surface area contributed by atoms with Gasteiger partial charge in [-0.2, -0.15) is 0 Å². The minimum Gasteiger partial charge on any atom is -0.460 e. The van der Waals surface area contributed by atoms with E-state index in [0.717, 1.165) is 5.56 Å². The minimum atomic E-state index is -0.467. The van der Waals surface area contributed by atoms with Gasteiger partial charge in [-0.3, -0.25) is 10.1 Å². The molecule has 0 heterocycles. The summed E-state index contributed by atoms with van der Waals surface area (Å²) < 4.78 is 5.08. The van der Waals surface area contributed by atoms with Gasteiger partial charge in [0.25, 0.3) is 0 Å². The zero-order chi connectivity index (χ0) is 12.7. The van der Waals surface area contributed by atoms with Crippen molar-refractivity contribution < 1.29 is 14.6 Å². The molecule has 17 heavy (non-hydrogen) atoms. The standard InChI is InChI=1S/C13H19NO3/c1-13(2,10-15)14-8-12(16)17-9-11-6-4-3-5-7-11/h3-7,14-15H,8-10H2,1-2H3. The van der Waals surface area contributed by atoms with Crippen LogP contribution in [-0.2, 0) is 16.1 Å². The number of carbonyl (C=O) groups excluding carboxylic acids is 1. The van der Waals surface area contributed by atoms with Crippen LogP contribution in [0.25, 0.3) is 0 Å². The van der Waals surface area contributed by atoms with E-state index in [2.05, 4.69) is 5.32 Å². The minimum absolute atomic E-state index is 0.0288. The van der Waals surface area contributed by atoms with Crippen molar-refractivity contribution >= 4 is 5.97 Å². The van der Waals surface area contributed by atoms with E-state index in [1.165, 1.54) is 0 Å². The summed E-state index contributed by atoms with van der Waals surface area (Å²) in [5.41, 5.74) is 0.494. The maximum absolute atomic E-state index is 11.4. The average Bonchev–Trinajstić information content (AvgIpc) is 2.35. The van der Waals surface area contributed by atoms with Crippen LogP contribution in [0.3, 0.4) is 0 Å². The van der Waals surface area contributed by atoms with Gasteiger partial charge in [-0.15, -0.1) is 0 Å². The molecule has 0 spiro atoms. The van der Waals surface area contributed by atoms with E-state index < -0.39 is 5.54 Å². The molecule has 0 aliphatic heterocycles. The Balaban J connectivity index is 2.27. The first-order valence-electron chi connectivity index (χ1n) is 5.59. The van der Waals surface area contributed by atoms with Crippen LogP contribution >= 0.6 is 0 Å². The zero-order valence-corrected chi connectivity index (χ0v) is 10.3. The van der Waals surface area contributed by atoms with Crippen LogP contribution < -0.4 is 5.32 Å². The van der Waals surface area contributed by atoms with E-state index in [1.807, 2.05) is 44.2 Å². The smallest absolute Gasteiger partial charge is 0.320 e. The van der Waals surface area contributed by atoms with Crippen LogP contribution in [0.15, 0.2) is 30.3 Å². The number of carbonyl (C=O) groups is 1. The summed E-state index contributed by atoms with van der Waals surface area (Å²) in [6, 6.07) is 9.51. The number of aliphatic hydroxyl groups excluding tert-OH is 1. The molecular weight excluding hydrogens is 218 g/mol. The van der Waals surface area contributed by atoms with Gasteiger partial charge in [0.2, 0.25) is 0 Å². The monoisotopic (exact) mass is 237 g/mol. The second kappa shape index (κ2) is 6.37. The Morgan fingerprint density at radius 1 is 1.35 bits per heavy atom. The third kappa shape index (κ3) is 5.47. The number of aliphatic hydroxyl groups is 1. The van der Waals surface area contributed by atoms with Crippen molar-refractivity contribution in [1.82, 2.24) is 5.32 Å². The molecule has 0 fully saturated rings. The molecule has 2 N–H and O–H groups in total. The van der Waals surface area contributed by atoms with Crippen molar-refractivity contribution in [3.05, 3.63) is 35.9 Å². The van der Waals surface area contributed by atoms with Crippen molar-refractivity contribution in [2.24, 2.45) is 0 Å². The first kappa shape index (κ1) is 13.7. The maximum Gasteiger partial charge on any atom is 0.320 e. The van der Waals surface area contributed by atoms with E-state index in [1.54, 1.807) is 0 Å². The second-order valence-electron chi connectivity index (χ2n) is 4.54. The molecule has 0 bridgehead atoms. The molecule has 4 heteroatoms. The summed E-state index contributed by atoms with van der Waals surface area (Å²) in [6.45, 7) is 3.98. The predicted octanol–water partition coefficient (Wildman–Crippen LogP) is 1.09. The lowest BCUT2D eigenvalue weighted by atomic mass is 10.1. The fraction of sp³-hybridized carbons (Fsp3) is 0.462. The summed E-state index contributed by atoms with van der Waals surface area (Å²) in [5, 5.41) is 11.9. The van der Waals surface area contributed by atoms with E-state index in [0.29, 0.717) is 0 Å². The largest absolute Gasteiger partial charge is 0.460 e. The molecule has 0 saturated heterocycles. The average molecular weight is 237 g/mol. The fourth-order valence-corrected chi connectivity index (χ4v) is 1.16.